The van der Waals surface area contributed by atoms with Crippen molar-refractivity contribution in [3.8, 4) is 0 Å². The van der Waals surface area contributed by atoms with Crippen LogP contribution >= 0.6 is 0 Å². The predicted octanol–water partition coefficient (Wildman–Crippen LogP) is 1.86. The van der Waals surface area contributed by atoms with Crippen molar-refractivity contribution in [2.24, 2.45) is 0 Å². The van der Waals surface area contributed by atoms with Crippen LogP contribution in [-0.4, -0.2) is 44.1 Å². The van der Waals surface area contributed by atoms with Crippen molar-refractivity contribution in [1.82, 2.24) is 25.1 Å². The molecule has 3 rings (SSSR count). The van der Waals surface area contributed by atoms with Gasteiger partial charge in [0, 0.05) is 44.0 Å². The third-order valence-electron chi connectivity index (χ3n) is 4.16. The molecular weight excluding hydrogens is 266 g/mol. The number of hydrogen-bond donors (Lipinski definition) is 2. The second-order valence-corrected chi connectivity index (χ2v) is 5.59. The number of aromatic amines is 2. The Kier molecular flexibility index (Phi) is 4.33. The van der Waals surface area contributed by atoms with Crippen LogP contribution in [0.1, 0.15) is 43.0 Å². The number of aryl methyl sites for hydroxylation is 1. The number of hydrogen-bond acceptors (Lipinski definition) is 3. The van der Waals surface area contributed by atoms with Crippen LogP contribution in [0.4, 0.5) is 0 Å². The third-order valence-corrected chi connectivity index (χ3v) is 4.16. The predicted molar refractivity (Wildman–Crippen MR) is 78.7 cm³/mol. The summed E-state index contributed by atoms with van der Waals surface area (Å²) in [6.07, 6.45) is 11.8. The van der Waals surface area contributed by atoms with Crippen molar-refractivity contribution in [1.29, 1.82) is 0 Å². The molecule has 6 nitrogen and oxygen atoms in total. The topological polar surface area (TPSA) is 77.7 Å². The van der Waals surface area contributed by atoms with Crippen molar-refractivity contribution in [3.05, 3.63) is 36.2 Å². The lowest BCUT2D eigenvalue weighted by molar-refractivity contribution is -0.132. The molecule has 0 radical (unpaired) electrons. The van der Waals surface area contributed by atoms with Crippen LogP contribution in [0.15, 0.2) is 24.8 Å². The van der Waals surface area contributed by atoms with E-state index >= 15 is 0 Å². The van der Waals surface area contributed by atoms with Crippen LogP contribution in [0.5, 0.6) is 0 Å². The number of likely N-dealkylation sites (tertiary alicyclic amines) is 1. The lowest BCUT2D eigenvalue weighted by Crippen LogP contribution is -2.38. The van der Waals surface area contributed by atoms with E-state index in [0.717, 1.165) is 44.6 Å². The van der Waals surface area contributed by atoms with Crippen LogP contribution in [-0.2, 0) is 11.2 Å². The number of nitrogens with one attached hydrogen (secondary N) is 2. The van der Waals surface area contributed by atoms with Crippen LogP contribution in [0.25, 0.3) is 0 Å². The summed E-state index contributed by atoms with van der Waals surface area (Å²) < 4.78 is 0. The average molecular weight is 287 g/mol. The lowest BCUT2D eigenvalue weighted by Gasteiger charge is -2.31. The molecule has 0 aliphatic carbocycles. The second-order valence-electron chi connectivity index (χ2n) is 5.59. The molecule has 0 saturated carbocycles. The van der Waals surface area contributed by atoms with Gasteiger partial charge in [0.2, 0.25) is 5.91 Å². The molecule has 1 aliphatic rings. The van der Waals surface area contributed by atoms with Gasteiger partial charge >= 0.3 is 0 Å². The van der Waals surface area contributed by atoms with E-state index in [9.17, 15) is 4.79 Å². The van der Waals surface area contributed by atoms with Gasteiger partial charge in [0.25, 0.3) is 0 Å². The van der Waals surface area contributed by atoms with Gasteiger partial charge in [0.05, 0.1) is 6.20 Å². The highest BCUT2D eigenvalue weighted by Crippen LogP contribution is 2.25. The van der Waals surface area contributed by atoms with E-state index in [4.69, 9.17) is 0 Å². The zero-order valence-electron chi connectivity index (χ0n) is 12.1. The molecule has 21 heavy (non-hydrogen) atoms. The molecule has 1 amide bonds. The maximum atomic E-state index is 12.2. The molecule has 0 spiro atoms. The normalized spacial score (nSPS) is 16.3. The van der Waals surface area contributed by atoms with Crippen molar-refractivity contribution in [2.45, 2.75) is 38.0 Å². The zero-order valence-corrected chi connectivity index (χ0v) is 12.1. The highest BCUT2D eigenvalue weighted by Gasteiger charge is 2.24. The van der Waals surface area contributed by atoms with E-state index in [-0.39, 0.29) is 5.91 Å². The smallest absolute Gasteiger partial charge is 0.222 e. The molecule has 0 bridgehead atoms. The quantitative estimate of drug-likeness (QED) is 0.881. The molecule has 3 heterocycles. The zero-order chi connectivity index (χ0) is 14.5. The minimum Gasteiger partial charge on any atom is -0.348 e. The number of nitrogens with zero attached hydrogens (tertiary/aromatic N) is 3. The average Bonchev–Trinajstić information content (AvgIpc) is 3.21. The van der Waals surface area contributed by atoms with Gasteiger partial charge in [-0.25, -0.2) is 4.98 Å². The molecule has 2 aromatic heterocycles. The Bertz CT molecular complexity index is 541. The molecule has 0 atom stereocenters. The van der Waals surface area contributed by atoms with Gasteiger partial charge in [-0.15, -0.1) is 0 Å². The molecule has 1 saturated heterocycles. The largest absolute Gasteiger partial charge is 0.348 e. The Hall–Kier alpha value is -2.11. The molecule has 2 N–H and O–H groups in total. The number of H-pyrrole nitrogens is 2. The SMILES string of the molecule is O=C(CCCc1cn[nH]c1)N1CCC(c2ncc[nH]2)CC1. The van der Waals surface area contributed by atoms with Crippen LogP contribution in [0.2, 0.25) is 0 Å². The number of carbonyl (C=O) groups excluding carboxylic acids is 1. The van der Waals surface area contributed by atoms with Gasteiger partial charge < -0.3 is 9.88 Å². The first kappa shape index (κ1) is 13.9. The van der Waals surface area contributed by atoms with Gasteiger partial charge in [-0.3, -0.25) is 9.89 Å². The van der Waals surface area contributed by atoms with Crippen LogP contribution in [0, 0.1) is 0 Å². The second kappa shape index (κ2) is 6.56. The number of imidazole rings is 1. The molecule has 0 aromatic carbocycles. The fourth-order valence-electron chi connectivity index (χ4n) is 2.92. The van der Waals surface area contributed by atoms with Gasteiger partial charge in [-0.1, -0.05) is 0 Å². The van der Waals surface area contributed by atoms with Crippen molar-refractivity contribution >= 4 is 5.91 Å². The Morgan fingerprint density at radius 3 is 2.90 bits per heavy atom. The van der Waals surface area contributed by atoms with E-state index in [1.165, 1.54) is 5.56 Å². The number of aromatic nitrogens is 4. The summed E-state index contributed by atoms with van der Waals surface area (Å²) in [6.45, 7) is 1.69. The fraction of sp³-hybridized carbons (Fsp3) is 0.533. The van der Waals surface area contributed by atoms with E-state index < -0.39 is 0 Å². The maximum Gasteiger partial charge on any atom is 0.222 e. The summed E-state index contributed by atoms with van der Waals surface area (Å²) in [5.41, 5.74) is 1.17. The third kappa shape index (κ3) is 3.51. The van der Waals surface area contributed by atoms with Gasteiger partial charge in [0.15, 0.2) is 0 Å². The van der Waals surface area contributed by atoms with E-state index in [1.807, 2.05) is 23.5 Å². The van der Waals surface area contributed by atoms with Gasteiger partial charge in [-0.2, -0.15) is 5.10 Å². The summed E-state index contributed by atoms with van der Waals surface area (Å²) in [7, 11) is 0. The standard InChI is InChI=1S/C15H21N5O/c21-14(3-1-2-12-10-18-19-11-12)20-8-4-13(5-9-20)15-16-6-7-17-15/h6-7,10-11,13H,1-5,8-9H2,(H,16,17)(H,18,19). The maximum absolute atomic E-state index is 12.2. The van der Waals surface area contributed by atoms with E-state index in [0.29, 0.717) is 12.3 Å². The summed E-state index contributed by atoms with van der Waals surface area (Å²) >= 11 is 0. The summed E-state index contributed by atoms with van der Waals surface area (Å²) in [4.78, 5) is 21.7. The van der Waals surface area contributed by atoms with E-state index in [2.05, 4.69) is 20.2 Å². The summed E-state index contributed by atoms with van der Waals surface area (Å²) in [5.74, 6) is 1.80. The van der Waals surface area contributed by atoms with Gasteiger partial charge in [-0.05, 0) is 31.2 Å². The molecule has 1 aliphatic heterocycles. The monoisotopic (exact) mass is 287 g/mol. The fourth-order valence-corrected chi connectivity index (χ4v) is 2.92. The Morgan fingerprint density at radius 2 is 2.24 bits per heavy atom. The minimum absolute atomic E-state index is 0.274. The minimum atomic E-state index is 0.274. The highest BCUT2D eigenvalue weighted by atomic mass is 16.2. The summed E-state index contributed by atoms with van der Waals surface area (Å²) in [5, 5.41) is 6.71. The molecule has 112 valence electrons. The van der Waals surface area contributed by atoms with Gasteiger partial charge in [0.1, 0.15) is 5.82 Å². The van der Waals surface area contributed by atoms with Crippen LogP contribution < -0.4 is 0 Å². The van der Waals surface area contributed by atoms with Crippen LogP contribution in [0.3, 0.4) is 0 Å². The van der Waals surface area contributed by atoms with E-state index in [1.54, 1.807) is 6.20 Å². The summed E-state index contributed by atoms with van der Waals surface area (Å²) in [6, 6.07) is 0. The first-order chi connectivity index (χ1) is 10.3. The molecule has 2 aromatic rings. The Balaban J connectivity index is 1.40. The van der Waals surface area contributed by atoms with Crippen molar-refractivity contribution in [2.75, 3.05) is 13.1 Å². The molecule has 1 fully saturated rings. The number of piperidine rings is 1. The van der Waals surface area contributed by atoms with Crippen molar-refractivity contribution in [3.63, 3.8) is 0 Å². The molecule has 6 heteroatoms. The lowest BCUT2D eigenvalue weighted by atomic mass is 9.96. The molecule has 0 unspecified atom stereocenters. The Morgan fingerprint density at radius 1 is 1.38 bits per heavy atom. The number of carbonyl (C=O) groups is 1. The number of rotatable bonds is 5. The Labute approximate surface area is 124 Å². The highest BCUT2D eigenvalue weighted by molar-refractivity contribution is 5.76. The molecular formula is C15H21N5O. The number of amides is 1. The van der Waals surface area contributed by atoms with Crippen molar-refractivity contribution < 1.29 is 4.79 Å². The first-order valence-electron chi connectivity index (χ1n) is 7.57. The first-order valence-corrected chi connectivity index (χ1v) is 7.57.